The number of anilines is 1. The molecule has 1 aromatic rings. The fourth-order valence-electron chi connectivity index (χ4n) is 3.35. The summed E-state index contributed by atoms with van der Waals surface area (Å²) in [7, 11) is 0. The topological polar surface area (TPSA) is 51.4 Å². The van der Waals surface area contributed by atoms with E-state index in [9.17, 15) is 4.39 Å². The first-order valence-electron chi connectivity index (χ1n) is 7.75. The van der Waals surface area contributed by atoms with Gasteiger partial charge in [-0.1, -0.05) is 13.8 Å². The lowest BCUT2D eigenvalue weighted by Gasteiger charge is -2.41. The first-order chi connectivity index (χ1) is 10.0. The highest BCUT2D eigenvalue weighted by molar-refractivity contribution is 5.42. The number of pyridine rings is 1. The predicted octanol–water partition coefficient (Wildman–Crippen LogP) is 2.29. The van der Waals surface area contributed by atoms with Crippen LogP contribution < -0.4 is 10.6 Å². The Morgan fingerprint density at radius 3 is 2.67 bits per heavy atom. The van der Waals surface area contributed by atoms with Gasteiger partial charge in [0.1, 0.15) is 0 Å². The van der Waals surface area contributed by atoms with Crippen LogP contribution in [0.1, 0.15) is 38.2 Å². The molecule has 0 bridgehead atoms. The van der Waals surface area contributed by atoms with E-state index in [0.717, 1.165) is 38.1 Å². The van der Waals surface area contributed by atoms with Gasteiger partial charge < -0.3 is 15.4 Å². The average molecular weight is 293 g/mol. The lowest BCUT2D eigenvalue weighted by atomic mass is 9.75. The molecule has 1 aromatic heterocycles. The Morgan fingerprint density at radius 1 is 1.43 bits per heavy atom. The molecule has 1 spiro atoms. The normalized spacial score (nSPS) is 25.0. The Hall–Kier alpha value is -1.20. The molecule has 4 nitrogen and oxygen atoms in total. The van der Waals surface area contributed by atoms with Crippen molar-refractivity contribution in [3.8, 4) is 0 Å². The van der Waals surface area contributed by atoms with E-state index in [4.69, 9.17) is 10.5 Å². The summed E-state index contributed by atoms with van der Waals surface area (Å²) in [6.07, 6.45) is 3.68. The SMILES string of the molecule is CC(C)c1cnc(N2CCC3(CC2)COCC3N)c(F)c1. The van der Waals surface area contributed by atoms with Crippen LogP contribution in [-0.4, -0.2) is 37.3 Å². The summed E-state index contributed by atoms with van der Waals surface area (Å²) in [6, 6.07) is 1.72. The zero-order valence-corrected chi connectivity index (χ0v) is 12.8. The van der Waals surface area contributed by atoms with E-state index in [-0.39, 0.29) is 17.3 Å². The molecule has 2 fully saturated rings. The van der Waals surface area contributed by atoms with Crippen LogP contribution in [0.15, 0.2) is 12.3 Å². The van der Waals surface area contributed by atoms with Crippen molar-refractivity contribution in [1.29, 1.82) is 0 Å². The van der Waals surface area contributed by atoms with Gasteiger partial charge in [0.25, 0.3) is 0 Å². The first-order valence-corrected chi connectivity index (χ1v) is 7.75. The molecule has 3 heterocycles. The van der Waals surface area contributed by atoms with E-state index < -0.39 is 0 Å². The maximum absolute atomic E-state index is 14.3. The van der Waals surface area contributed by atoms with Crippen LogP contribution in [0.2, 0.25) is 0 Å². The van der Waals surface area contributed by atoms with E-state index in [2.05, 4.69) is 4.98 Å². The fourth-order valence-corrected chi connectivity index (χ4v) is 3.35. The van der Waals surface area contributed by atoms with E-state index in [1.165, 1.54) is 0 Å². The smallest absolute Gasteiger partial charge is 0.165 e. The lowest BCUT2D eigenvalue weighted by molar-refractivity contribution is 0.131. The molecule has 1 unspecified atom stereocenters. The third-order valence-electron chi connectivity index (χ3n) is 5.04. The Labute approximate surface area is 125 Å². The van der Waals surface area contributed by atoms with Gasteiger partial charge in [-0.2, -0.15) is 0 Å². The molecule has 5 heteroatoms. The molecule has 0 aromatic carbocycles. The molecule has 2 N–H and O–H groups in total. The van der Waals surface area contributed by atoms with Crippen molar-refractivity contribution >= 4 is 5.82 Å². The molecule has 0 radical (unpaired) electrons. The van der Waals surface area contributed by atoms with Gasteiger partial charge in [0.05, 0.1) is 13.2 Å². The van der Waals surface area contributed by atoms with E-state index in [1.54, 1.807) is 12.3 Å². The monoisotopic (exact) mass is 293 g/mol. The highest BCUT2D eigenvalue weighted by atomic mass is 19.1. The molecule has 2 aliphatic rings. The quantitative estimate of drug-likeness (QED) is 0.909. The van der Waals surface area contributed by atoms with Crippen molar-refractivity contribution in [3.63, 3.8) is 0 Å². The molecular formula is C16H24FN3O. The van der Waals surface area contributed by atoms with Crippen LogP contribution in [-0.2, 0) is 4.74 Å². The van der Waals surface area contributed by atoms with Crippen LogP contribution >= 0.6 is 0 Å². The van der Waals surface area contributed by atoms with Gasteiger partial charge in [0.15, 0.2) is 11.6 Å². The molecular weight excluding hydrogens is 269 g/mol. The van der Waals surface area contributed by atoms with Crippen LogP contribution in [0, 0.1) is 11.2 Å². The number of ether oxygens (including phenoxy) is 1. The number of piperidine rings is 1. The second-order valence-electron chi connectivity index (χ2n) is 6.70. The summed E-state index contributed by atoms with van der Waals surface area (Å²) >= 11 is 0. The number of hydrogen-bond acceptors (Lipinski definition) is 4. The van der Waals surface area contributed by atoms with Crippen molar-refractivity contribution in [2.45, 2.75) is 38.6 Å². The van der Waals surface area contributed by atoms with Crippen molar-refractivity contribution in [2.75, 3.05) is 31.2 Å². The van der Waals surface area contributed by atoms with Crippen LogP contribution in [0.5, 0.6) is 0 Å². The third-order valence-corrected chi connectivity index (χ3v) is 5.04. The maximum atomic E-state index is 14.3. The van der Waals surface area contributed by atoms with Gasteiger partial charge in [-0.25, -0.2) is 9.37 Å². The van der Waals surface area contributed by atoms with Crippen molar-refractivity contribution in [3.05, 3.63) is 23.6 Å². The van der Waals surface area contributed by atoms with Gasteiger partial charge in [-0.15, -0.1) is 0 Å². The first kappa shape index (κ1) is 14.7. The van der Waals surface area contributed by atoms with Crippen molar-refractivity contribution in [2.24, 2.45) is 11.1 Å². The number of rotatable bonds is 2. The lowest BCUT2D eigenvalue weighted by Crippen LogP contribution is -2.49. The van der Waals surface area contributed by atoms with Crippen LogP contribution in [0.25, 0.3) is 0 Å². The van der Waals surface area contributed by atoms with Crippen LogP contribution in [0.3, 0.4) is 0 Å². The molecule has 1 atom stereocenters. The molecule has 21 heavy (non-hydrogen) atoms. The summed E-state index contributed by atoms with van der Waals surface area (Å²) in [6.45, 7) is 7.06. The minimum atomic E-state index is -0.218. The number of aromatic nitrogens is 1. The summed E-state index contributed by atoms with van der Waals surface area (Å²) < 4.78 is 19.8. The maximum Gasteiger partial charge on any atom is 0.165 e. The summed E-state index contributed by atoms with van der Waals surface area (Å²) in [5, 5.41) is 0. The Balaban J connectivity index is 1.72. The number of nitrogens with zero attached hydrogens (tertiary/aromatic N) is 2. The van der Waals surface area contributed by atoms with Gasteiger partial charge >= 0.3 is 0 Å². The fraction of sp³-hybridized carbons (Fsp3) is 0.688. The van der Waals surface area contributed by atoms with Gasteiger partial charge in [-0.05, 0) is 30.4 Å². The third kappa shape index (κ3) is 2.64. The summed E-state index contributed by atoms with van der Waals surface area (Å²) in [5.74, 6) is 0.546. The largest absolute Gasteiger partial charge is 0.379 e. The van der Waals surface area contributed by atoms with Crippen LogP contribution in [0.4, 0.5) is 10.2 Å². The second-order valence-corrected chi connectivity index (χ2v) is 6.70. The predicted molar refractivity (Wildman–Crippen MR) is 81.0 cm³/mol. The van der Waals surface area contributed by atoms with Gasteiger partial charge in [-0.3, -0.25) is 0 Å². The van der Waals surface area contributed by atoms with Crippen molar-refractivity contribution in [1.82, 2.24) is 4.98 Å². The molecule has 3 rings (SSSR count). The molecule has 116 valence electrons. The Morgan fingerprint density at radius 2 is 2.14 bits per heavy atom. The summed E-state index contributed by atoms with van der Waals surface area (Å²) in [4.78, 5) is 6.38. The number of halogens is 1. The molecule has 2 saturated heterocycles. The Kier molecular flexibility index (Phi) is 3.88. The van der Waals surface area contributed by atoms with E-state index in [0.29, 0.717) is 18.3 Å². The molecule has 0 saturated carbocycles. The molecule has 2 aliphatic heterocycles. The van der Waals surface area contributed by atoms with E-state index in [1.807, 2.05) is 18.7 Å². The second kappa shape index (κ2) is 5.54. The minimum Gasteiger partial charge on any atom is -0.379 e. The zero-order chi connectivity index (χ0) is 15.0. The Bertz CT molecular complexity index is 512. The molecule has 0 aliphatic carbocycles. The number of nitrogens with two attached hydrogens (primary N) is 1. The highest BCUT2D eigenvalue weighted by Crippen LogP contribution is 2.39. The highest BCUT2D eigenvalue weighted by Gasteiger charge is 2.44. The average Bonchev–Trinajstić information content (AvgIpc) is 2.81. The standard InChI is InChI=1S/C16H24FN3O/c1-11(2)12-7-13(17)15(19-8-12)20-5-3-16(4-6-20)10-21-9-14(16)18/h7-8,11,14H,3-6,9-10,18H2,1-2H3. The number of hydrogen-bond donors (Lipinski definition) is 1. The molecule has 0 amide bonds. The zero-order valence-electron chi connectivity index (χ0n) is 12.8. The van der Waals surface area contributed by atoms with Gasteiger partial charge in [0.2, 0.25) is 0 Å². The van der Waals surface area contributed by atoms with E-state index >= 15 is 0 Å². The summed E-state index contributed by atoms with van der Waals surface area (Å²) in [5.41, 5.74) is 7.21. The van der Waals surface area contributed by atoms with Gasteiger partial charge in [0, 0.05) is 30.7 Å². The van der Waals surface area contributed by atoms with Crippen molar-refractivity contribution < 1.29 is 9.13 Å². The minimum absolute atomic E-state index is 0.0881.